The highest BCUT2D eigenvalue weighted by atomic mass is 35.5. The zero-order valence-corrected chi connectivity index (χ0v) is 68.2. The molecule has 2 saturated heterocycles. The van der Waals surface area contributed by atoms with Crippen molar-refractivity contribution in [2.75, 3.05) is 87.8 Å². The van der Waals surface area contributed by atoms with Gasteiger partial charge in [0, 0.05) is 68.7 Å². The number of piperidine rings is 1. The maximum absolute atomic E-state index is 13.6. The molecule has 6 aromatic carbocycles. The molecule has 35 heteroatoms. The molecule has 0 unspecified atom stereocenters. The van der Waals surface area contributed by atoms with Gasteiger partial charge in [-0.2, -0.15) is 0 Å². The van der Waals surface area contributed by atoms with Gasteiger partial charge in [0.25, 0.3) is 11.8 Å². The Hall–Kier alpha value is -11.7. The molecular formula is C82H66Cl2N16O11S6. The number of hydrogen-bond donors (Lipinski definition) is 6. The van der Waals surface area contributed by atoms with Gasteiger partial charge in [0.2, 0.25) is 0 Å². The summed E-state index contributed by atoms with van der Waals surface area (Å²) in [5.74, 6) is 1.03. The number of thiophene rings is 5. The van der Waals surface area contributed by atoms with E-state index in [1.165, 1.54) is 75.6 Å². The molecule has 590 valence electrons. The van der Waals surface area contributed by atoms with Crippen LogP contribution in [0.15, 0.2) is 197 Å². The zero-order valence-electron chi connectivity index (χ0n) is 61.7. The van der Waals surface area contributed by atoms with Gasteiger partial charge in [-0.15, -0.1) is 56.7 Å². The normalized spacial score (nSPS) is 14.4. The van der Waals surface area contributed by atoms with Gasteiger partial charge in [-0.1, -0.05) is 89.9 Å². The van der Waals surface area contributed by atoms with Gasteiger partial charge in [-0.25, -0.2) is 63.8 Å². The predicted molar refractivity (Wildman–Crippen MR) is 460 cm³/mol. The monoisotopic (exact) mass is 1710 g/mol. The quantitative estimate of drug-likeness (QED) is 0.0389. The first-order valence-corrected chi connectivity index (χ1v) is 42.4. The second-order valence-corrected chi connectivity index (χ2v) is 33.9. The molecule has 27 nitrogen and oxygen atoms in total. The van der Waals surface area contributed by atoms with E-state index in [-0.39, 0.29) is 22.4 Å². The van der Waals surface area contributed by atoms with Crippen LogP contribution >= 0.6 is 91.6 Å². The molecular weight excluding hydrogens is 1650 g/mol. The number of methoxy groups -OCH3 is 1. The van der Waals surface area contributed by atoms with Gasteiger partial charge in [-0.3, -0.25) is 19.4 Å². The number of carbonyl (C=O) groups excluding carboxylic acids is 5. The number of carboxylic acid groups (broad SMARTS) is 1. The third-order valence-corrected chi connectivity index (χ3v) is 26.0. The average Bonchev–Trinajstić information content (AvgIpc) is 1.62. The number of aromatic carboxylic acids is 1. The molecule has 5 aliphatic rings. The molecule has 0 atom stereocenters. The fourth-order valence-electron chi connectivity index (χ4n) is 13.9. The lowest BCUT2D eigenvalue weighted by molar-refractivity contribution is 0.0342. The summed E-state index contributed by atoms with van der Waals surface area (Å²) in [6.45, 7) is 7.92. The maximum Gasteiger partial charge on any atom is 0.348 e. The second-order valence-electron chi connectivity index (χ2n) is 26.9. The summed E-state index contributed by atoms with van der Waals surface area (Å²) >= 11 is 21.2. The number of nitrogens with zero attached hydrogens (tertiary/aromatic N) is 11. The van der Waals surface area contributed by atoms with Crippen molar-refractivity contribution >= 4 is 221 Å². The standard InChI is InChI=1S/C33H30N6O3S2.C30H25ClN6O4S2.C19H11ClN4O4S2/c1-42-26-18-22(11-10-21(26)19-38-16-6-3-7-17-38)36-31(40)29-28-27-30(34-20-35-32(27)44-29)39(33(41)37-28)23-12-14-25(15-13-23)43-24-8-4-2-5-9-24;31-22-14-20(7-8-23(22)41-16-21-2-1-13-42-21)37-27-24-25(35-30(37)39)26(43-29(24)33-17-32-27)28(38)34-19-5-3-18(4-6-19)15-36-9-11-40-12-10-36;20-11-6-9(3-4-12(11)28-7-10-2-1-5-29-10)24-16-13-14(23-19(24)27)15(18(25)26)30-17(13)22-8-21-16/h2,4-5,8-15,18,20H,3,6-7,16-17,19H2,1H3,(H,36,40)(H,37,41);1-8,13-14,17H,9-12,15-16H2,(H,34,38)(H,35,39);1-6,8H,7H2,(H,23,27)(H,25,26). The molecule has 0 spiro atoms. The number of amides is 8. The van der Waals surface area contributed by atoms with Crippen molar-refractivity contribution in [2.45, 2.75) is 55.4 Å². The van der Waals surface area contributed by atoms with Crippen LogP contribution in [0.1, 0.15) is 69.2 Å². The lowest BCUT2D eigenvalue weighted by Crippen LogP contribution is -2.35. The number of anilines is 11. The number of urea groups is 3. The molecule has 13 heterocycles. The Morgan fingerprint density at radius 1 is 0.504 bits per heavy atom. The molecule has 0 aliphatic carbocycles. The first kappa shape index (κ1) is 77.8. The summed E-state index contributed by atoms with van der Waals surface area (Å²) in [6.07, 6.45) is 7.83. The first-order valence-electron chi connectivity index (χ1n) is 36.7. The lowest BCUT2D eigenvalue weighted by atomic mass is 10.1. The van der Waals surface area contributed by atoms with E-state index in [1.54, 1.807) is 77.9 Å². The van der Waals surface area contributed by atoms with Crippen molar-refractivity contribution in [2.24, 2.45) is 0 Å². The highest BCUT2D eigenvalue weighted by Gasteiger charge is 2.38. The molecule has 0 bridgehead atoms. The van der Waals surface area contributed by atoms with Gasteiger partial charge in [0.15, 0.2) is 17.5 Å². The van der Waals surface area contributed by atoms with E-state index in [1.807, 2.05) is 120 Å². The molecule has 5 aliphatic heterocycles. The summed E-state index contributed by atoms with van der Waals surface area (Å²) in [7, 11) is 1.65. The fraction of sp³-hybridized carbons (Fsp3) is 0.171. The highest BCUT2D eigenvalue weighted by molar-refractivity contribution is 7.99. The predicted octanol–water partition coefficient (Wildman–Crippen LogP) is 19.9. The van der Waals surface area contributed by atoms with Gasteiger partial charge >= 0.3 is 24.1 Å². The largest absolute Gasteiger partial charge is 0.496 e. The lowest BCUT2D eigenvalue weighted by Gasteiger charge is -2.27. The molecule has 0 radical (unpaired) electrons. The molecule has 117 heavy (non-hydrogen) atoms. The van der Waals surface area contributed by atoms with Crippen LogP contribution < -0.4 is 55.5 Å². The topological polar surface area (TPSA) is 313 Å². The van der Waals surface area contributed by atoms with Crippen LogP contribution in [0, 0.1) is 0 Å². The Balaban J connectivity index is 0.000000128. The van der Waals surface area contributed by atoms with E-state index in [4.69, 9.17) is 42.1 Å². The van der Waals surface area contributed by atoms with Gasteiger partial charge in [0.05, 0.1) is 80.7 Å². The van der Waals surface area contributed by atoms with Crippen molar-refractivity contribution in [3.63, 3.8) is 0 Å². The molecule has 6 N–H and O–H groups in total. The van der Waals surface area contributed by atoms with E-state index in [2.05, 4.69) is 78.4 Å². The van der Waals surface area contributed by atoms with Crippen molar-refractivity contribution in [1.29, 1.82) is 0 Å². The van der Waals surface area contributed by atoms with Crippen molar-refractivity contribution in [3.05, 3.63) is 233 Å². The van der Waals surface area contributed by atoms with Gasteiger partial charge in [0.1, 0.15) is 78.6 Å². The molecule has 2 fully saturated rings. The minimum atomic E-state index is -1.14. The molecule has 19 rings (SSSR count). The number of halogens is 2. The third-order valence-electron chi connectivity index (χ3n) is 19.4. The molecule has 8 aromatic heterocycles. The number of hydrogen-bond acceptors (Lipinski definition) is 24. The Labute approximate surface area is 701 Å². The summed E-state index contributed by atoms with van der Waals surface area (Å²) in [6, 6.07) is 48.0. The smallest absolute Gasteiger partial charge is 0.348 e. The second kappa shape index (κ2) is 34.6. The van der Waals surface area contributed by atoms with Crippen molar-refractivity contribution in [3.8, 4) is 17.2 Å². The van der Waals surface area contributed by atoms with Crippen molar-refractivity contribution in [1.82, 2.24) is 39.7 Å². The highest BCUT2D eigenvalue weighted by Crippen LogP contribution is 2.50. The number of aromatic nitrogens is 6. The Kier molecular flexibility index (Phi) is 23.0. The minimum Gasteiger partial charge on any atom is -0.496 e. The first-order chi connectivity index (χ1) is 57.1. The Morgan fingerprint density at radius 2 is 0.974 bits per heavy atom. The number of likely N-dealkylation sites (tertiary alicyclic amines) is 1. The zero-order chi connectivity index (χ0) is 80.2. The molecule has 8 amide bonds. The number of nitrogens with one attached hydrogen (secondary N) is 5. The maximum atomic E-state index is 13.6. The van der Waals surface area contributed by atoms with Gasteiger partial charge in [-0.05, 0) is 145 Å². The van der Waals surface area contributed by atoms with Crippen LogP contribution in [0.5, 0.6) is 17.2 Å². The van der Waals surface area contributed by atoms with E-state index in [9.17, 15) is 33.9 Å². The SMILES string of the molecule is COc1cc(NC(=O)c2sc3ncnc4c3c2NC(=O)N4c2ccc(Sc3ccccc3)cc2)ccc1CN1CCCCC1.O=C(Nc1ccc(CN2CCOCC2)cc1)c1sc2ncnc3c2c1NC(=O)N3c1ccc(OCc2cccs2)c(Cl)c1.O=C(O)c1sc2ncnc3c2c1NC(=O)N3c1ccc(OCc2cccs2)c(Cl)c1. The Morgan fingerprint density at radius 3 is 1.47 bits per heavy atom. The van der Waals surface area contributed by atoms with Crippen LogP contribution in [0.3, 0.4) is 0 Å². The number of rotatable bonds is 21. The Bertz CT molecular complexity index is 6110. The van der Waals surface area contributed by atoms with Crippen LogP contribution in [-0.4, -0.2) is 127 Å². The number of carboxylic acids is 1. The number of ether oxygens (including phenoxy) is 4. The van der Waals surface area contributed by atoms with Crippen LogP contribution in [0.25, 0.3) is 30.6 Å². The van der Waals surface area contributed by atoms with E-state index >= 15 is 0 Å². The van der Waals surface area contributed by atoms with E-state index in [0.717, 1.165) is 100 Å². The van der Waals surface area contributed by atoms with Crippen LogP contribution in [0.4, 0.5) is 77.3 Å². The fourth-order valence-corrected chi connectivity index (χ4v) is 19.3. The van der Waals surface area contributed by atoms with Crippen LogP contribution in [0.2, 0.25) is 10.0 Å². The van der Waals surface area contributed by atoms with E-state index in [0.29, 0.717) is 132 Å². The summed E-state index contributed by atoms with van der Waals surface area (Å²) in [5.41, 5.74) is 6.18. The molecule has 14 aromatic rings. The van der Waals surface area contributed by atoms with Crippen LogP contribution in [-0.2, 0) is 31.0 Å². The molecule has 0 saturated carbocycles. The van der Waals surface area contributed by atoms with E-state index < -0.39 is 24.1 Å². The number of benzene rings is 6. The number of carbonyl (C=O) groups is 6. The summed E-state index contributed by atoms with van der Waals surface area (Å²) < 4.78 is 22.7. The summed E-state index contributed by atoms with van der Waals surface area (Å²) in [5, 5.41) is 30.2. The third kappa shape index (κ3) is 16.7. The summed E-state index contributed by atoms with van der Waals surface area (Å²) in [4.78, 5) is 120. The average molecular weight is 1710 g/mol. The van der Waals surface area contributed by atoms with Gasteiger partial charge < -0.3 is 50.6 Å². The minimum absolute atomic E-state index is 0.00936. The van der Waals surface area contributed by atoms with Crippen molar-refractivity contribution < 1.29 is 52.8 Å². The number of morpholine rings is 1.